The fourth-order valence-electron chi connectivity index (χ4n) is 7.86. The molecule has 1 unspecified atom stereocenters. The Bertz CT molecular complexity index is 1800. The van der Waals surface area contributed by atoms with Crippen LogP contribution in [0, 0.1) is 0 Å². The van der Waals surface area contributed by atoms with Crippen molar-refractivity contribution in [1.29, 1.82) is 0 Å². The Balaban J connectivity index is 1.17. The molecule has 2 bridgehead atoms. The van der Waals surface area contributed by atoms with Gasteiger partial charge in [0.2, 0.25) is 11.8 Å². The van der Waals surface area contributed by atoms with Crippen molar-refractivity contribution in [3.63, 3.8) is 0 Å². The number of anilines is 1. The molecule has 232 valence electrons. The quantitative estimate of drug-likeness (QED) is 0.338. The number of amides is 2. The minimum atomic E-state index is -0.413. The van der Waals surface area contributed by atoms with Gasteiger partial charge in [0.15, 0.2) is 0 Å². The molecular weight excluding hydrogens is 568 g/mol. The average molecular weight is 607 g/mol. The third-order valence-electron chi connectivity index (χ3n) is 10.2. The zero-order valence-corrected chi connectivity index (χ0v) is 25.5. The summed E-state index contributed by atoms with van der Waals surface area (Å²) in [6.07, 6.45) is 5.16. The maximum atomic E-state index is 13.3. The SMILES string of the molecule is CN1CCC[C@H]1COc1nc(N2[C@@H]3CC[C@H]2CN(C(=O)C2CCC(=O)N2)C3)c2ccc(-c3cc(O)cc4ccccc34)cc2n1. The molecule has 4 aliphatic rings. The highest BCUT2D eigenvalue weighted by Gasteiger charge is 2.44. The lowest BCUT2D eigenvalue weighted by Crippen LogP contribution is -2.58. The molecule has 4 aromatic rings. The number of likely N-dealkylation sites (N-methyl/N-ethyl adjacent to an activating group) is 1. The fourth-order valence-corrected chi connectivity index (χ4v) is 7.86. The molecule has 5 heterocycles. The van der Waals surface area contributed by atoms with Crippen molar-refractivity contribution in [3.8, 4) is 22.9 Å². The highest BCUT2D eigenvalue weighted by molar-refractivity contribution is 6.01. The molecule has 4 aliphatic heterocycles. The molecule has 2 amide bonds. The van der Waals surface area contributed by atoms with Crippen LogP contribution in [0.2, 0.25) is 0 Å². The van der Waals surface area contributed by atoms with Gasteiger partial charge >= 0.3 is 6.01 Å². The summed E-state index contributed by atoms with van der Waals surface area (Å²) in [5.41, 5.74) is 2.68. The van der Waals surface area contributed by atoms with Crippen LogP contribution in [0.25, 0.3) is 32.8 Å². The summed E-state index contributed by atoms with van der Waals surface area (Å²) in [6, 6.07) is 18.4. The largest absolute Gasteiger partial charge is 0.508 e. The van der Waals surface area contributed by atoms with E-state index in [1.165, 1.54) is 0 Å². The van der Waals surface area contributed by atoms with Crippen LogP contribution in [0.5, 0.6) is 11.8 Å². The van der Waals surface area contributed by atoms with Crippen LogP contribution in [-0.2, 0) is 9.59 Å². The average Bonchev–Trinajstić information content (AvgIpc) is 3.74. The van der Waals surface area contributed by atoms with Crippen LogP contribution in [0.3, 0.4) is 0 Å². The Labute approximate surface area is 262 Å². The molecular formula is C35H38N6O4. The summed E-state index contributed by atoms with van der Waals surface area (Å²) in [5.74, 6) is 1.04. The van der Waals surface area contributed by atoms with Gasteiger partial charge in [-0.05, 0) is 91.9 Å². The molecule has 4 saturated heterocycles. The summed E-state index contributed by atoms with van der Waals surface area (Å²) in [4.78, 5) is 41.8. The molecule has 3 aromatic carbocycles. The summed E-state index contributed by atoms with van der Waals surface area (Å²) >= 11 is 0. The second-order valence-electron chi connectivity index (χ2n) is 13.1. The fraction of sp³-hybridized carbons (Fsp3) is 0.429. The third kappa shape index (κ3) is 5.10. The van der Waals surface area contributed by atoms with Crippen molar-refractivity contribution in [2.75, 3.05) is 38.2 Å². The summed E-state index contributed by atoms with van der Waals surface area (Å²) in [6.45, 7) is 2.80. The van der Waals surface area contributed by atoms with Crippen molar-refractivity contribution in [2.24, 2.45) is 0 Å². The second-order valence-corrected chi connectivity index (χ2v) is 13.1. The number of phenolic OH excluding ortho intramolecular Hbond substituents is 1. The molecule has 0 spiro atoms. The van der Waals surface area contributed by atoms with Gasteiger partial charge in [0.05, 0.1) is 5.52 Å². The molecule has 45 heavy (non-hydrogen) atoms. The standard InChI is InChI=1S/C35H38N6O4/c1-39-14-4-6-25(39)20-45-35-37-31-16-22(29-17-26(42)15-21-5-2-3-7-27(21)29)8-11-28(31)33(38-35)41-23-9-10-24(41)19-40(18-23)34(44)30-12-13-32(43)36-30/h2-3,5,7-8,11,15-17,23-25,30,42H,4,6,9-10,12-14,18-20H2,1H3,(H,36,43)/t23-,24+,25-,30?/m0/s1. The number of rotatable bonds is 6. The van der Waals surface area contributed by atoms with E-state index in [1.807, 2.05) is 29.2 Å². The zero-order chi connectivity index (χ0) is 30.7. The van der Waals surface area contributed by atoms with Gasteiger partial charge in [-0.15, -0.1) is 0 Å². The highest BCUT2D eigenvalue weighted by Crippen LogP contribution is 2.40. The Morgan fingerprint density at radius 3 is 2.58 bits per heavy atom. The van der Waals surface area contributed by atoms with Crippen LogP contribution in [-0.4, -0.2) is 94.1 Å². The van der Waals surface area contributed by atoms with Crippen LogP contribution in [0.15, 0.2) is 54.6 Å². The second kappa shape index (κ2) is 11.2. The van der Waals surface area contributed by atoms with Crippen molar-refractivity contribution in [1.82, 2.24) is 25.1 Å². The van der Waals surface area contributed by atoms with Gasteiger partial charge in [-0.2, -0.15) is 9.97 Å². The van der Waals surface area contributed by atoms with Gasteiger partial charge in [0.1, 0.15) is 24.2 Å². The summed E-state index contributed by atoms with van der Waals surface area (Å²) < 4.78 is 6.33. The number of benzene rings is 3. The number of carbonyl (C=O) groups excluding carboxylic acids is 2. The number of hydrogen-bond donors (Lipinski definition) is 2. The highest BCUT2D eigenvalue weighted by atomic mass is 16.5. The number of fused-ring (bicyclic) bond motifs is 4. The van der Waals surface area contributed by atoms with Gasteiger partial charge in [-0.25, -0.2) is 0 Å². The number of aromatic nitrogens is 2. The minimum absolute atomic E-state index is 0.0256. The Morgan fingerprint density at radius 1 is 1.00 bits per heavy atom. The molecule has 4 fully saturated rings. The first-order valence-electron chi connectivity index (χ1n) is 16.1. The lowest BCUT2D eigenvalue weighted by atomic mass is 9.97. The van der Waals surface area contributed by atoms with Crippen LogP contribution in [0.4, 0.5) is 5.82 Å². The van der Waals surface area contributed by atoms with E-state index >= 15 is 0 Å². The third-order valence-corrected chi connectivity index (χ3v) is 10.2. The number of likely N-dealkylation sites (tertiary alicyclic amines) is 2. The van der Waals surface area contributed by atoms with E-state index in [-0.39, 0.29) is 29.6 Å². The number of carbonyl (C=O) groups is 2. The number of nitrogens with one attached hydrogen (secondary N) is 1. The number of hydrogen-bond acceptors (Lipinski definition) is 8. The normalized spacial score (nSPS) is 25.0. The van der Waals surface area contributed by atoms with E-state index in [0.29, 0.717) is 44.6 Å². The monoisotopic (exact) mass is 606 g/mol. The van der Waals surface area contributed by atoms with Gasteiger partial charge < -0.3 is 29.9 Å². The van der Waals surface area contributed by atoms with Crippen molar-refractivity contribution in [3.05, 3.63) is 54.6 Å². The number of piperazine rings is 1. The molecule has 0 radical (unpaired) electrons. The molecule has 1 aromatic heterocycles. The molecule has 2 N–H and O–H groups in total. The van der Waals surface area contributed by atoms with E-state index in [0.717, 1.165) is 70.8 Å². The summed E-state index contributed by atoms with van der Waals surface area (Å²) in [5, 5.41) is 16.4. The van der Waals surface area contributed by atoms with Crippen LogP contribution in [0.1, 0.15) is 38.5 Å². The maximum Gasteiger partial charge on any atom is 0.319 e. The lowest BCUT2D eigenvalue weighted by Gasteiger charge is -2.42. The van der Waals surface area contributed by atoms with Gasteiger partial charge in [0.25, 0.3) is 0 Å². The number of aromatic hydroxyl groups is 1. The van der Waals surface area contributed by atoms with E-state index < -0.39 is 6.04 Å². The smallest absolute Gasteiger partial charge is 0.319 e. The molecule has 8 rings (SSSR count). The Morgan fingerprint density at radius 2 is 1.82 bits per heavy atom. The molecule has 0 saturated carbocycles. The van der Waals surface area contributed by atoms with E-state index in [1.54, 1.807) is 6.07 Å². The van der Waals surface area contributed by atoms with Crippen molar-refractivity contribution in [2.45, 2.75) is 62.7 Å². The van der Waals surface area contributed by atoms with E-state index in [4.69, 9.17) is 14.7 Å². The van der Waals surface area contributed by atoms with Gasteiger partial charge in [0, 0.05) is 43.0 Å². The molecule has 4 atom stereocenters. The number of phenols is 1. The molecule has 10 heteroatoms. The molecule has 0 aliphatic carbocycles. The number of nitrogens with zero attached hydrogens (tertiary/aromatic N) is 5. The molecule has 10 nitrogen and oxygen atoms in total. The zero-order valence-electron chi connectivity index (χ0n) is 25.5. The number of ether oxygens (including phenoxy) is 1. The van der Waals surface area contributed by atoms with Crippen LogP contribution < -0.4 is 15.0 Å². The van der Waals surface area contributed by atoms with E-state index in [9.17, 15) is 14.7 Å². The predicted molar refractivity (Wildman–Crippen MR) is 172 cm³/mol. The summed E-state index contributed by atoms with van der Waals surface area (Å²) in [7, 11) is 2.13. The van der Waals surface area contributed by atoms with E-state index in [2.05, 4.69) is 46.4 Å². The van der Waals surface area contributed by atoms with Gasteiger partial charge in [-0.3, -0.25) is 9.59 Å². The minimum Gasteiger partial charge on any atom is -0.508 e. The maximum absolute atomic E-state index is 13.3. The first-order chi connectivity index (χ1) is 21.9. The predicted octanol–water partition coefficient (Wildman–Crippen LogP) is 4.09. The Hall–Kier alpha value is -4.44. The lowest BCUT2D eigenvalue weighted by molar-refractivity contribution is -0.135. The first kappa shape index (κ1) is 28.1. The topological polar surface area (TPSA) is 111 Å². The van der Waals surface area contributed by atoms with Gasteiger partial charge in [-0.1, -0.05) is 30.3 Å². The first-order valence-corrected chi connectivity index (χ1v) is 16.1. The Kier molecular flexibility index (Phi) is 6.97. The van der Waals surface area contributed by atoms with Crippen LogP contribution >= 0.6 is 0 Å². The van der Waals surface area contributed by atoms with Crippen molar-refractivity contribution >= 4 is 39.3 Å². The van der Waals surface area contributed by atoms with Crippen molar-refractivity contribution < 1.29 is 19.4 Å².